The summed E-state index contributed by atoms with van der Waals surface area (Å²) >= 11 is 5.39. The molecule has 0 unspecified atom stereocenters. The Morgan fingerprint density at radius 3 is 2.67 bits per heavy atom. The van der Waals surface area contributed by atoms with Gasteiger partial charge in [0.25, 0.3) is 0 Å². The zero-order chi connectivity index (χ0) is 11.6. The van der Waals surface area contributed by atoms with Crippen molar-refractivity contribution in [1.82, 2.24) is 4.57 Å². The third-order valence-electron chi connectivity index (χ3n) is 2.48. The number of amides is 1. The van der Waals surface area contributed by atoms with Crippen LogP contribution < -0.4 is 5.32 Å². The Labute approximate surface area is 93.4 Å². The molecule has 0 bridgehead atoms. The molecule has 0 aromatic carbocycles. The lowest BCUT2D eigenvalue weighted by molar-refractivity contribution is -0.114. The summed E-state index contributed by atoms with van der Waals surface area (Å²) in [4.78, 5) is 11.2. The van der Waals surface area contributed by atoms with Crippen molar-refractivity contribution < 1.29 is 4.79 Å². The van der Waals surface area contributed by atoms with Crippen LogP contribution in [-0.4, -0.2) is 16.4 Å². The highest BCUT2D eigenvalue weighted by molar-refractivity contribution is 6.29. The average molecular weight is 226 g/mol. The molecule has 5 heteroatoms. The van der Waals surface area contributed by atoms with Crippen molar-refractivity contribution in [2.45, 2.75) is 13.8 Å². The van der Waals surface area contributed by atoms with Crippen molar-refractivity contribution in [3.8, 4) is 6.07 Å². The monoisotopic (exact) mass is 225 g/mol. The number of carbonyl (C=O) groups excluding carboxylic acids is 1. The van der Waals surface area contributed by atoms with Crippen molar-refractivity contribution in [2.24, 2.45) is 7.05 Å². The minimum absolute atomic E-state index is 0.117. The topological polar surface area (TPSA) is 57.8 Å². The standard InChI is InChI=1S/C10H12ClN3O/c1-6-7(2)14(3)10(8(6)5-12)13-9(15)4-11/h4H2,1-3H3,(H,13,15). The fourth-order valence-corrected chi connectivity index (χ4v) is 1.46. The van der Waals surface area contributed by atoms with Gasteiger partial charge in [0.2, 0.25) is 5.91 Å². The lowest BCUT2D eigenvalue weighted by Crippen LogP contribution is -2.16. The number of hydrogen-bond donors (Lipinski definition) is 1. The number of alkyl halides is 1. The van der Waals surface area contributed by atoms with E-state index in [0.717, 1.165) is 11.3 Å². The molecule has 1 rings (SSSR count). The summed E-state index contributed by atoms with van der Waals surface area (Å²) in [7, 11) is 1.80. The summed E-state index contributed by atoms with van der Waals surface area (Å²) < 4.78 is 1.78. The predicted molar refractivity (Wildman–Crippen MR) is 59.0 cm³/mol. The summed E-state index contributed by atoms with van der Waals surface area (Å²) in [6, 6.07) is 2.08. The van der Waals surface area contributed by atoms with E-state index in [1.165, 1.54) is 0 Å². The lowest BCUT2D eigenvalue weighted by Gasteiger charge is -2.05. The largest absolute Gasteiger partial charge is 0.334 e. The average Bonchev–Trinajstić information content (AvgIpc) is 2.43. The maximum absolute atomic E-state index is 11.2. The fourth-order valence-electron chi connectivity index (χ4n) is 1.39. The van der Waals surface area contributed by atoms with Gasteiger partial charge in [-0.15, -0.1) is 11.6 Å². The SMILES string of the molecule is Cc1c(C#N)c(NC(=O)CCl)n(C)c1C. The van der Waals surface area contributed by atoms with E-state index in [4.69, 9.17) is 16.9 Å². The number of aromatic nitrogens is 1. The van der Waals surface area contributed by atoms with Gasteiger partial charge in [0.15, 0.2) is 0 Å². The van der Waals surface area contributed by atoms with Crippen LogP contribution in [0.4, 0.5) is 5.82 Å². The molecule has 0 aliphatic heterocycles. The number of carbonyl (C=O) groups is 1. The molecule has 0 atom stereocenters. The summed E-state index contributed by atoms with van der Waals surface area (Å²) in [6.45, 7) is 3.75. The van der Waals surface area contributed by atoms with Crippen molar-refractivity contribution in [3.05, 3.63) is 16.8 Å². The number of nitriles is 1. The molecule has 0 fully saturated rings. The van der Waals surface area contributed by atoms with E-state index in [2.05, 4.69) is 11.4 Å². The predicted octanol–water partition coefficient (Wildman–Crippen LogP) is 1.69. The Hall–Kier alpha value is -1.47. The van der Waals surface area contributed by atoms with Crippen LogP contribution in [0, 0.1) is 25.2 Å². The van der Waals surface area contributed by atoms with Crippen molar-refractivity contribution in [1.29, 1.82) is 5.26 Å². The molecule has 0 aliphatic carbocycles. The van der Waals surface area contributed by atoms with E-state index in [0.29, 0.717) is 11.4 Å². The molecular weight excluding hydrogens is 214 g/mol. The Kier molecular flexibility index (Phi) is 3.38. The Bertz CT molecular complexity index is 443. The molecule has 0 saturated heterocycles. The van der Waals surface area contributed by atoms with Gasteiger partial charge in [0.05, 0.1) is 5.56 Å². The Morgan fingerprint density at radius 2 is 2.20 bits per heavy atom. The van der Waals surface area contributed by atoms with E-state index in [-0.39, 0.29) is 11.8 Å². The first-order valence-electron chi connectivity index (χ1n) is 4.44. The summed E-state index contributed by atoms with van der Waals surface area (Å²) in [5.74, 6) is 0.0839. The van der Waals surface area contributed by atoms with Crippen LogP contribution in [0.3, 0.4) is 0 Å². The van der Waals surface area contributed by atoms with Gasteiger partial charge < -0.3 is 9.88 Å². The van der Waals surface area contributed by atoms with Gasteiger partial charge in [0.1, 0.15) is 17.8 Å². The van der Waals surface area contributed by atoms with E-state index >= 15 is 0 Å². The first kappa shape index (κ1) is 11.6. The van der Waals surface area contributed by atoms with Gasteiger partial charge in [-0.1, -0.05) is 0 Å². The van der Waals surface area contributed by atoms with E-state index in [9.17, 15) is 4.79 Å². The van der Waals surface area contributed by atoms with Gasteiger partial charge in [-0.25, -0.2) is 0 Å². The summed E-state index contributed by atoms with van der Waals surface area (Å²) in [5, 5.41) is 11.6. The highest BCUT2D eigenvalue weighted by Crippen LogP contribution is 2.24. The van der Waals surface area contributed by atoms with Crippen LogP contribution in [0.2, 0.25) is 0 Å². The summed E-state index contributed by atoms with van der Waals surface area (Å²) in [5.41, 5.74) is 2.33. The normalized spacial score (nSPS) is 9.80. The second-order valence-electron chi connectivity index (χ2n) is 3.29. The third kappa shape index (κ3) is 1.97. The van der Waals surface area contributed by atoms with Crippen molar-refractivity contribution >= 4 is 23.3 Å². The first-order valence-corrected chi connectivity index (χ1v) is 4.98. The van der Waals surface area contributed by atoms with Crippen LogP contribution in [-0.2, 0) is 11.8 Å². The van der Waals surface area contributed by atoms with Crippen molar-refractivity contribution in [2.75, 3.05) is 11.2 Å². The number of rotatable bonds is 2. The van der Waals surface area contributed by atoms with E-state index in [1.807, 2.05) is 13.8 Å². The van der Waals surface area contributed by atoms with Gasteiger partial charge in [-0.05, 0) is 19.4 Å². The van der Waals surface area contributed by atoms with Crippen LogP contribution in [0.15, 0.2) is 0 Å². The number of nitrogens with one attached hydrogen (secondary N) is 1. The number of anilines is 1. The highest BCUT2D eigenvalue weighted by atomic mass is 35.5. The molecule has 1 aromatic rings. The minimum atomic E-state index is -0.311. The zero-order valence-corrected chi connectivity index (χ0v) is 9.64. The molecule has 0 aliphatic rings. The molecule has 0 saturated carbocycles. The van der Waals surface area contributed by atoms with E-state index in [1.54, 1.807) is 11.6 Å². The molecule has 1 heterocycles. The smallest absolute Gasteiger partial charge is 0.240 e. The molecule has 0 spiro atoms. The Morgan fingerprint density at radius 1 is 1.60 bits per heavy atom. The number of hydrogen-bond acceptors (Lipinski definition) is 2. The molecule has 15 heavy (non-hydrogen) atoms. The second kappa shape index (κ2) is 4.37. The van der Waals surface area contributed by atoms with Gasteiger partial charge in [-0.3, -0.25) is 4.79 Å². The maximum Gasteiger partial charge on any atom is 0.240 e. The first-order chi connectivity index (χ1) is 7.02. The lowest BCUT2D eigenvalue weighted by atomic mass is 10.2. The molecule has 80 valence electrons. The quantitative estimate of drug-likeness (QED) is 0.779. The molecule has 1 aromatic heterocycles. The van der Waals surface area contributed by atoms with Gasteiger partial charge >= 0.3 is 0 Å². The highest BCUT2D eigenvalue weighted by Gasteiger charge is 2.16. The Balaban J connectivity index is 3.23. The molecular formula is C10H12ClN3O. The number of halogens is 1. The summed E-state index contributed by atoms with van der Waals surface area (Å²) in [6.07, 6.45) is 0. The molecule has 1 amide bonds. The van der Waals surface area contributed by atoms with Crippen LogP contribution in [0.5, 0.6) is 0 Å². The number of nitrogens with zero attached hydrogens (tertiary/aromatic N) is 2. The van der Waals surface area contributed by atoms with Gasteiger partial charge in [0, 0.05) is 12.7 Å². The maximum atomic E-state index is 11.2. The fraction of sp³-hybridized carbons (Fsp3) is 0.400. The molecule has 1 N–H and O–H groups in total. The third-order valence-corrected chi connectivity index (χ3v) is 2.73. The van der Waals surface area contributed by atoms with E-state index < -0.39 is 0 Å². The van der Waals surface area contributed by atoms with Crippen molar-refractivity contribution in [3.63, 3.8) is 0 Å². The minimum Gasteiger partial charge on any atom is -0.334 e. The second-order valence-corrected chi connectivity index (χ2v) is 3.55. The van der Waals surface area contributed by atoms with Crippen LogP contribution in [0.25, 0.3) is 0 Å². The van der Waals surface area contributed by atoms with Gasteiger partial charge in [-0.2, -0.15) is 5.26 Å². The van der Waals surface area contributed by atoms with Crippen LogP contribution >= 0.6 is 11.6 Å². The van der Waals surface area contributed by atoms with Crippen LogP contribution in [0.1, 0.15) is 16.8 Å². The molecule has 4 nitrogen and oxygen atoms in total. The molecule has 0 radical (unpaired) electrons. The zero-order valence-electron chi connectivity index (χ0n) is 8.89.